The molecule has 15 heteroatoms. The van der Waals surface area contributed by atoms with E-state index < -0.39 is 31.0 Å². The number of nitrogens with zero attached hydrogens (tertiary/aromatic N) is 4. The molecule has 15 nitrogen and oxygen atoms in total. The lowest BCUT2D eigenvalue weighted by atomic mass is 10.1. The van der Waals surface area contributed by atoms with Crippen molar-refractivity contribution in [3.05, 3.63) is 88.9 Å². The number of fused-ring (bicyclic) bond motifs is 1. The van der Waals surface area contributed by atoms with Gasteiger partial charge in [0.05, 0.1) is 11.3 Å². The SMILES string of the molecule is CCCNC(=O)c1cn2ncnc(N(C(=O)OCOC(=O)C(C)NC(=O)OCc3ccccc3)c3cc(C(=O)NC4CC4)ccc3C)c2c1C. The summed E-state index contributed by atoms with van der Waals surface area (Å²) in [5.74, 6) is -1.45. The predicted molar refractivity (Wildman–Crippen MR) is 181 cm³/mol. The summed E-state index contributed by atoms with van der Waals surface area (Å²) in [5.41, 5.74) is 3.10. The average Bonchev–Trinajstić information content (AvgIpc) is 3.86. The Labute approximate surface area is 288 Å². The van der Waals surface area contributed by atoms with Crippen molar-refractivity contribution in [1.82, 2.24) is 30.5 Å². The topological polar surface area (TPSA) is 183 Å². The van der Waals surface area contributed by atoms with Crippen molar-refractivity contribution in [3.63, 3.8) is 0 Å². The van der Waals surface area contributed by atoms with Crippen molar-refractivity contribution in [2.75, 3.05) is 18.2 Å². The number of aryl methyl sites for hydroxylation is 2. The molecule has 0 aliphatic heterocycles. The quantitative estimate of drug-likeness (QED) is 0.134. The van der Waals surface area contributed by atoms with Gasteiger partial charge in [-0.3, -0.25) is 9.59 Å². The molecule has 4 amide bonds. The minimum atomic E-state index is -1.13. The number of hydrogen-bond acceptors (Lipinski definition) is 10. The van der Waals surface area contributed by atoms with Crippen molar-refractivity contribution in [3.8, 4) is 0 Å². The molecule has 2 aromatic heterocycles. The Morgan fingerprint density at radius 3 is 2.48 bits per heavy atom. The maximum atomic E-state index is 13.9. The molecule has 5 rings (SSSR count). The molecular weight excluding hydrogens is 646 g/mol. The van der Waals surface area contributed by atoms with Gasteiger partial charge in [-0.2, -0.15) is 5.10 Å². The fourth-order valence-corrected chi connectivity index (χ4v) is 4.98. The number of hydrogen-bond donors (Lipinski definition) is 3. The number of benzene rings is 2. The van der Waals surface area contributed by atoms with Crippen LogP contribution in [0.2, 0.25) is 0 Å². The lowest BCUT2D eigenvalue weighted by Crippen LogP contribution is -2.40. The second kappa shape index (κ2) is 15.9. The molecule has 1 fully saturated rings. The van der Waals surface area contributed by atoms with Crippen LogP contribution < -0.4 is 20.9 Å². The molecule has 0 radical (unpaired) electrons. The zero-order valence-corrected chi connectivity index (χ0v) is 28.2. The molecule has 2 heterocycles. The normalized spacial score (nSPS) is 12.8. The van der Waals surface area contributed by atoms with Gasteiger partial charge in [0.25, 0.3) is 11.8 Å². The minimum Gasteiger partial charge on any atom is -0.445 e. The zero-order valence-electron chi connectivity index (χ0n) is 28.2. The molecule has 0 bridgehead atoms. The third-order valence-electron chi connectivity index (χ3n) is 7.89. The van der Waals surface area contributed by atoms with E-state index in [0.29, 0.717) is 34.3 Å². The van der Waals surface area contributed by atoms with E-state index in [4.69, 9.17) is 14.2 Å². The highest BCUT2D eigenvalue weighted by Gasteiger charge is 2.30. The molecule has 262 valence electrons. The van der Waals surface area contributed by atoms with Gasteiger partial charge in [-0.05, 0) is 68.9 Å². The van der Waals surface area contributed by atoms with E-state index >= 15 is 0 Å². The summed E-state index contributed by atoms with van der Waals surface area (Å²) in [6, 6.07) is 12.9. The van der Waals surface area contributed by atoms with Crippen LogP contribution in [0, 0.1) is 13.8 Å². The first kappa shape index (κ1) is 35.3. The number of esters is 1. The molecule has 2 aromatic carbocycles. The first-order valence-electron chi connectivity index (χ1n) is 16.2. The summed E-state index contributed by atoms with van der Waals surface area (Å²) >= 11 is 0. The highest BCUT2D eigenvalue weighted by Crippen LogP contribution is 2.34. The number of carbonyl (C=O) groups is 5. The Kier molecular flexibility index (Phi) is 11.3. The van der Waals surface area contributed by atoms with Crippen molar-refractivity contribution < 1.29 is 38.2 Å². The lowest BCUT2D eigenvalue weighted by molar-refractivity contribution is -0.153. The smallest absolute Gasteiger partial charge is 0.423 e. The Balaban J connectivity index is 1.37. The molecule has 0 saturated heterocycles. The van der Waals surface area contributed by atoms with Gasteiger partial charge in [-0.15, -0.1) is 0 Å². The lowest BCUT2D eigenvalue weighted by Gasteiger charge is -2.24. The van der Waals surface area contributed by atoms with Crippen LogP contribution in [0.15, 0.2) is 61.1 Å². The highest BCUT2D eigenvalue weighted by atomic mass is 16.7. The maximum absolute atomic E-state index is 13.9. The van der Waals surface area contributed by atoms with Crippen molar-refractivity contribution in [2.24, 2.45) is 0 Å². The van der Waals surface area contributed by atoms with Gasteiger partial charge >= 0.3 is 18.2 Å². The van der Waals surface area contributed by atoms with Gasteiger partial charge < -0.3 is 30.2 Å². The van der Waals surface area contributed by atoms with E-state index in [0.717, 1.165) is 29.7 Å². The standard InChI is InChI=1S/C35H39N7O8/c1-5-15-36-32(44)27-17-41-29(22(27)3)30(37-19-38-41)42(28-16-25(12-11-21(28)2)31(43)40-26-13-14-26)35(47)50-20-49-33(45)23(4)39-34(46)48-18-24-9-7-6-8-10-24/h6-12,16-17,19,23,26H,5,13-15,18,20H2,1-4H3,(H,36,44)(H,39,46)(H,40,43). The number of aromatic nitrogens is 3. The molecule has 50 heavy (non-hydrogen) atoms. The summed E-state index contributed by atoms with van der Waals surface area (Å²) in [7, 11) is 0. The van der Waals surface area contributed by atoms with Gasteiger partial charge in [0, 0.05) is 24.3 Å². The van der Waals surface area contributed by atoms with Crippen molar-refractivity contribution >= 4 is 47.0 Å². The number of anilines is 2. The predicted octanol–water partition coefficient (Wildman–Crippen LogP) is 4.47. The van der Waals surface area contributed by atoms with Gasteiger partial charge in [-0.1, -0.05) is 43.3 Å². The van der Waals surface area contributed by atoms with Gasteiger partial charge in [0.2, 0.25) is 6.79 Å². The highest BCUT2D eigenvalue weighted by molar-refractivity contribution is 6.05. The summed E-state index contributed by atoms with van der Waals surface area (Å²) in [6.45, 7) is 6.45. The molecule has 1 atom stereocenters. The van der Waals surface area contributed by atoms with Crippen LogP contribution in [0.25, 0.3) is 5.52 Å². The molecule has 1 aliphatic carbocycles. The van der Waals surface area contributed by atoms with Gasteiger partial charge in [0.15, 0.2) is 5.82 Å². The first-order chi connectivity index (χ1) is 24.1. The summed E-state index contributed by atoms with van der Waals surface area (Å²) in [6.07, 6.45) is 3.46. The van der Waals surface area contributed by atoms with E-state index in [9.17, 15) is 24.0 Å². The van der Waals surface area contributed by atoms with Crippen LogP contribution in [0.4, 0.5) is 21.1 Å². The first-order valence-corrected chi connectivity index (χ1v) is 16.2. The second-order valence-corrected chi connectivity index (χ2v) is 11.8. The van der Waals surface area contributed by atoms with Crippen LogP contribution in [0.3, 0.4) is 0 Å². The number of nitrogens with one attached hydrogen (secondary N) is 3. The van der Waals surface area contributed by atoms with Crippen molar-refractivity contribution in [1.29, 1.82) is 0 Å². The van der Waals surface area contributed by atoms with E-state index in [1.165, 1.54) is 24.0 Å². The van der Waals surface area contributed by atoms with E-state index in [1.54, 1.807) is 56.3 Å². The third-order valence-corrected chi connectivity index (χ3v) is 7.89. The summed E-state index contributed by atoms with van der Waals surface area (Å²) in [5, 5.41) is 12.4. The Morgan fingerprint density at radius 2 is 1.76 bits per heavy atom. The fraction of sp³-hybridized carbons (Fsp3) is 0.343. The summed E-state index contributed by atoms with van der Waals surface area (Å²) < 4.78 is 17.2. The van der Waals surface area contributed by atoms with Crippen LogP contribution in [-0.2, 0) is 25.6 Å². The van der Waals surface area contributed by atoms with E-state index in [2.05, 4.69) is 26.0 Å². The fourth-order valence-electron chi connectivity index (χ4n) is 4.98. The van der Waals surface area contributed by atoms with Crippen LogP contribution >= 0.6 is 0 Å². The van der Waals surface area contributed by atoms with Crippen LogP contribution in [0.1, 0.15) is 70.5 Å². The van der Waals surface area contributed by atoms with Gasteiger partial charge in [-0.25, -0.2) is 28.8 Å². The molecule has 1 aliphatic rings. The molecular formula is C35H39N7O8. The molecule has 0 spiro atoms. The molecule has 3 N–H and O–H groups in total. The van der Waals surface area contributed by atoms with Gasteiger partial charge in [0.1, 0.15) is 24.5 Å². The van der Waals surface area contributed by atoms with Crippen molar-refractivity contribution in [2.45, 2.75) is 65.6 Å². The molecule has 1 saturated carbocycles. The van der Waals surface area contributed by atoms with Crippen LogP contribution in [-0.4, -0.2) is 70.0 Å². The zero-order chi connectivity index (χ0) is 35.8. The average molecular weight is 686 g/mol. The number of rotatable bonds is 13. The molecule has 1 unspecified atom stereocenters. The number of amides is 4. The molecule has 4 aromatic rings. The Hall–Kier alpha value is -5.99. The summed E-state index contributed by atoms with van der Waals surface area (Å²) in [4.78, 5) is 70.3. The maximum Gasteiger partial charge on any atom is 0.423 e. The Bertz CT molecular complexity index is 1890. The Morgan fingerprint density at radius 1 is 1.00 bits per heavy atom. The van der Waals surface area contributed by atoms with E-state index in [-0.39, 0.29) is 36.0 Å². The van der Waals surface area contributed by atoms with E-state index in [1.807, 2.05) is 13.0 Å². The number of carbonyl (C=O) groups excluding carboxylic acids is 5. The van der Waals surface area contributed by atoms with Crippen LogP contribution in [0.5, 0.6) is 0 Å². The third kappa shape index (κ3) is 8.53. The largest absolute Gasteiger partial charge is 0.445 e. The monoisotopic (exact) mass is 685 g/mol. The number of ether oxygens (including phenoxy) is 3. The number of alkyl carbamates (subject to hydrolysis) is 1. The second-order valence-electron chi connectivity index (χ2n) is 11.8. The minimum absolute atomic E-state index is 0.00705.